The predicted molar refractivity (Wildman–Crippen MR) is 315 cm³/mol. The number of aliphatic carboxylic acids is 1. The lowest BCUT2D eigenvalue weighted by molar-refractivity contribution is -0.196. The fourth-order valence-electron chi connectivity index (χ4n) is 9.55. The average molecular weight is 1260 g/mol. The number of benzene rings is 3. The number of rotatable bonds is 32. The monoisotopic (exact) mass is 1260 g/mol. The number of carboxylic acid groups (broad SMARTS) is 1. The molecule has 0 radical (unpaired) electrons. The molecule has 0 saturated carbocycles. The van der Waals surface area contributed by atoms with Crippen LogP contribution < -0.4 is 45.5 Å². The molecule has 480 valence electrons. The molecule has 2 aliphatic heterocycles. The van der Waals surface area contributed by atoms with E-state index < -0.39 is 124 Å². The molecule has 4 atom stereocenters. The molecule has 0 bridgehead atoms. The number of amides is 8. The van der Waals surface area contributed by atoms with Gasteiger partial charge in [-0.1, -0.05) is 42.5 Å². The summed E-state index contributed by atoms with van der Waals surface area (Å²) in [6, 6.07) is 13.1. The normalized spacial score (nSPS) is 15.5. The zero-order valence-electron chi connectivity index (χ0n) is 50.4. The van der Waals surface area contributed by atoms with Crippen molar-refractivity contribution >= 4 is 94.8 Å². The van der Waals surface area contributed by atoms with Crippen LogP contribution in [0, 0.1) is 0 Å². The highest BCUT2D eigenvalue weighted by atomic mass is 32.2. The van der Waals surface area contributed by atoms with Gasteiger partial charge in [0, 0.05) is 97.8 Å². The lowest BCUT2D eigenvalue weighted by Crippen LogP contribution is -2.71. The number of ether oxygens (including phenoxy) is 4. The van der Waals surface area contributed by atoms with Gasteiger partial charge >= 0.3 is 35.8 Å². The smallest absolute Gasteiger partial charge is 0.329 e. The maximum absolute atomic E-state index is 13.7. The quantitative estimate of drug-likeness (QED) is 0.0172. The SMILES string of the molecule is CC(=O)Oc1cccc(C(=O)NCCCCN(CCCNC(=O)c2cccc(OC(C)=O)c2OC(C)=O)C(=O)CCC(=O)NCCCCCN(OC(C)=O)C(=O)CCC(=O)N[C@@H](C(=O)N[C@@H]2C(=O)N3C2SC(C)(C)[C@@H]3C(=O)O)c2ccccc2)c1OC(C)=O. The van der Waals surface area contributed by atoms with Crippen molar-refractivity contribution in [3.63, 3.8) is 0 Å². The molecular weight excluding hydrogens is 1180 g/mol. The van der Waals surface area contributed by atoms with Gasteiger partial charge in [-0.2, -0.15) is 5.06 Å². The predicted octanol–water partition coefficient (Wildman–Crippen LogP) is 3.19. The third kappa shape index (κ3) is 21.2. The van der Waals surface area contributed by atoms with Gasteiger partial charge in [0.05, 0.1) is 17.7 Å². The summed E-state index contributed by atoms with van der Waals surface area (Å²) in [5, 5.41) is 23.5. The first kappa shape index (κ1) is 70.4. The molecular formula is C60H74N8O20S. The van der Waals surface area contributed by atoms with Crippen molar-refractivity contribution in [2.45, 2.75) is 141 Å². The molecule has 6 N–H and O–H groups in total. The number of carboxylic acids is 1. The Morgan fingerprint density at radius 1 is 0.573 bits per heavy atom. The molecule has 2 fully saturated rings. The highest BCUT2D eigenvalue weighted by molar-refractivity contribution is 8.01. The van der Waals surface area contributed by atoms with Crippen molar-refractivity contribution in [3.8, 4) is 23.0 Å². The van der Waals surface area contributed by atoms with Gasteiger partial charge in [-0.25, -0.2) is 4.79 Å². The molecule has 0 aromatic heterocycles. The van der Waals surface area contributed by atoms with Crippen LogP contribution in [0.3, 0.4) is 0 Å². The summed E-state index contributed by atoms with van der Waals surface area (Å²) >= 11 is 1.24. The molecule has 8 amide bonds. The first-order valence-corrected chi connectivity index (χ1v) is 29.5. The lowest BCUT2D eigenvalue weighted by Gasteiger charge is -2.44. The zero-order chi connectivity index (χ0) is 65.5. The third-order valence-corrected chi connectivity index (χ3v) is 15.1. The van der Waals surface area contributed by atoms with Gasteiger partial charge in [0.1, 0.15) is 23.5 Å². The molecule has 28 nitrogen and oxygen atoms in total. The second-order valence-electron chi connectivity index (χ2n) is 21.1. The lowest BCUT2D eigenvalue weighted by atomic mass is 9.95. The van der Waals surface area contributed by atoms with E-state index in [9.17, 15) is 72.2 Å². The van der Waals surface area contributed by atoms with Gasteiger partial charge in [-0.15, -0.1) is 11.8 Å². The van der Waals surface area contributed by atoms with E-state index in [0.717, 1.165) is 39.7 Å². The first-order chi connectivity index (χ1) is 42.2. The minimum Gasteiger partial charge on any atom is -0.480 e. The van der Waals surface area contributed by atoms with E-state index in [1.54, 1.807) is 44.2 Å². The number of β-lactam (4-membered cyclic amide) rings is 1. The molecule has 2 heterocycles. The Balaban J connectivity index is 1.09. The number of carbonyl (C=O) groups excluding carboxylic acids is 13. The second kappa shape index (κ2) is 33.6. The van der Waals surface area contributed by atoms with Crippen molar-refractivity contribution in [3.05, 3.63) is 83.4 Å². The largest absolute Gasteiger partial charge is 0.480 e. The Kier molecular flexibility index (Phi) is 26.6. The third-order valence-electron chi connectivity index (χ3n) is 13.5. The molecule has 0 aliphatic carbocycles. The average Bonchev–Trinajstić information content (AvgIpc) is 1.58. The second-order valence-corrected chi connectivity index (χ2v) is 22.8. The van der Waals surface area contributed by atoms with Crippen molar-refractivity contribution in [2.24, 2.45) is 0 Å². The molecule has 3 aromatic carbocycles. The van der Waals surface area contributed by atoms with Crippen molar-refractivity contribution in [2.75, 3.05) is 39.3 Å². The standard InChI is InChI=1S/C60H74N8O20S/c1-35(69)84-43-23-16-21-41(51(43)86-37(3)71)54(78)62-30-13-15-32-66(33-18-31-63-55(79)42-22-17-24-44(85-36(2)70)52(42)87-38(4)72)47(76)27-25-45(74)61-29-12-9-14-34-67(88-39(5)73)48(77)28-26-46(75)64-49(40-19-10-8-11-20-40)56(80)65-50-57(81)68-53(59(82)83)60(6,7)89-58(50)68/h8,10-11,16-17,19-24,49-50,53,58H,9,12-15,18,25-34H2,1-7H3,(H,61,74)(H,62,78)(H,63,79)(H,64,75)(H,65,80)(H,82,83)/t49-,50-,53+,58?/m1/s1. The van der Waals surface area contributed by atoms with E-state index in [0.29, 0.717) is 37.7 Å². The Morgan fingerprint density at radius 3 is 1.63 bits per heavy atom. The number of nitrogens with one attached hydrogen (secondary N) is 5. The fourth-order valence-corrected chi connectivity index (χ4v) is 11.2. The van der Waals surface area contributed by atoms with Gasteiger partial charge in [0.2, 0.25) is 29.5 Å². The van der Waals surface area contributed by atoms with Crippen molar-refractivity contribution < 1.29 is 96.0 Å². The molecule has 29 heteroatoms. The number of hydroxylamine groups is 2. The summed E-state index contributed by atoms with van der Waals surface area (Å²) in [4.78, 5) is 186. The Hall–Kier alpha value is -9.41. The summed E-state index contributed by atoms with van der Waals surface area (Å²) in [6.45, 7) is 9.56. The molecule has 2 saturated heterocycles. The number of unbranched alkanes of at least 4 members (excludes halogenated alkanes) is 3. The number of esters is 4. The number of fused-ring (bicyclic) bond motifs is 1. The Bertz CT molecular complexity index is 3160. The number of hydrogen-bond donors (Lipinski definition) is 6. The summed E-state index contributed by atoms with van der Waals surface area (Å²) in [7, 11) is 0. The van der Waals surface area contributed by atoms with Crippen LogP contribution in [-0.4, -0.2) is 165 Å². The van der Waals surface area contributed by atoms with Crippen molar-refractivity contribution in [1.29, 1.82) is 0 Å². The minimum absolute atomic E-state index is 0.0280. The van der Waals surface area contributed by atoms with Crippen LogP contribution in [0.15, 0.2) is 66.7 Å². The molecule has 5 rings (SSSR count). The van der Waals surface area contributed by atoms with Gasteiger partial charge in [-0.05, 0) is 82.2 Å². The Morgan fingerprint density at radius 2 is 1.08 bits per heavy atom. The number of para-hydroxylation sites is 2. The summed E-state index contributed by atoms with van der Waals surface area (Å²) in [5.74, 6) is -10.5. The highest BCUT2D eigenvalue weighted by Crippen LogP contribution is 2.51. The van der Waals surface area contributed by atoms with E-state index in [1.807, 2.05) is 0 Å². The number of hydrogen-bond acceptors (Lipinski definition) is 20. The molecule has 1 unspecified atom stereocenters. The van der Waals surface area contributed by atoms with Crippen LogP contribution >= 0.6 is 11.8 Å². The fraction of sp³-hybridized carbons (Fsp3) is 0.467. The van der Waals surface area contributed by atoms with Gasteiger partial charge in [-0.3, -0.25) is 62.3 Å². The summed E-state index contributed by atoms with van der Waals surface area (Å²) in [6.07, 6.45) is 0.868. The van der Waals surface area contributed by atoms with Crippen LogP contribution in [0.1, 0.15) is 145 Å². The number of thioether (sulfide) groups is 1. The minimum atomic E-state index is -1.29. The summed E-state index contributed by atoms with van der Waals surface area (Å²) in [5.41, 5.74) is 0.213. The maximum Gasteiger partial charge on any atom is 0.329 e. The number of carbonyl (C=O) groups is 14. The van der Waals surface area contributed by atoms with Crippen LogP contribution in [0.25, 0.3) is 0 Å². The van der Waals surface area contributed by atoms with Crippen LogP contribution in [-0.2, 0) is 62.4 Å². The van der Waals surface area contributed by atoms with E-state index in [-0.39, 0.29) is 92.7 Å². The van der Waals surface area contributed by atoms with E-state index in [1.165, 1.54) is 58.0 Å². The van der Waals surface area contributed by atoms with Crippen molar-refractivity contribution in [1.82, 2.24) is 41.4 Å². The van der Waals surface area contributed by atoms with E-state index >= 15 is 0 Å². The van der Waals surface area contributed by atoms with E-state index in [2.05, 4.69) is 26.6 Å². The molecule has 89 heavy (non-hydrogen) atoms. The summed E-state index contributed by atoms with van der Waals surface area (Å²) < 4.78 is 19.8. The molecule has 2 aliphatic rings. The van der Waals surface area contributed by atoms with Crippen LogP contribution in [0.5, 0.6) is 23.0 Å². The number of nitrogens with zero attached hydrogens (tertiary/aromatic N) is 3. The van der Waals surface area contributed by atoms with Crippen LogP contribution in [0.2, 0.25) is 0 Å². The highest BCUT2D eigenvalue weighted by Gasteiger charge is 2.64. The van der Waals surface area contributed by atoms with Gasteiger partial charge in [0.15, 0.2) is 23.0 Å². The molecule has 0 spiro atoms. The topological polar surface area (TPSA) is 375 Å². The molecule has 3 aromatic rings. The zero-order valence-corrected chi connectivity index (χ0v) is 51.2. The van der Waals surface area contributed by atoms with Crippen LogP contribution in [0.4, 0.5) is 0 Å². The van der Waals surface area contributed by atoms with E-state index in [4.69, 9.17) is 23.8 Å². The first-order valence-electron chi connectivity index (χ1n) is 28.7. The Labute approximate surface area is 517 Å². The maximum atomic E-state index is 13.7. The van der Waals surface area contributed by atoms with Gasteiger partial charge < -0.3 is 65.3 Å². The van der Waals surface area contributed by atoms with Gasteiger partial charge in [0.25, 0.3) is 17.7 Å².